The molecule has 0 aliphatic carbocycles. The molecule has 1 unspecified atom stereocenters. The van der Waals surface area contributed by atoms with Crippen LogP contribution in [0, 0.1) is 0 Å². The molecule has 0 saturated heterocycles. The molecular formula is C11H13ClN4S. The smallest absolute Gasteiger partial charge is 0.188 e. The lowest BCUT2D eigenvalue weighted by atomic mass is 10.1. The molecule has 1 atom stereocenters. The molecule has 1 aromatic heterocycles. The quantitative estimate of drug-likeness (QED) is 0.894. The predicted molar refractivity (Wildman–Crippen MR) is 69.3 cm³/mol. The minimum atomic E-state index is 0.138. The van der Waals surface area contributed by atoms with E-state index < -0.39 is 0 Å². The molecular weight excluding hydrogens is 256 g/mol. The molecule has 0 amide bonds. The maximum Gasteiger partial charge on any atom is 0.188 e. The van der Waals surface area contributed by atoms with Crippen molar-refractivity contribution in [1.82, 2.24) is 15.2 Å². The van der Waals surface area contributed by atoms with Gasteiger partial charge in [-0.2, -0.15) is 5.10 Å². The molecule has 4 nitrogen and oxygen atoms in total. The Bertz CT molecular complexity index is 484. The largest absolute Gasteiger partial charge is 0.328 e. The number of aromatic amines is 1. The predicted octanol–water partition coefficient (Wildman–Crippen LogP) is 2.50. The lowest BCUT2D eigenvalue weighted by Gasteiger charge is -2.07. The number of hydrogen-bond donors (Lipinski definition) is 2. The third-order valence-corrected chi connectivity index (χ3v) is 3.54. The van der Waals surface area contributed by atoms with Crippen LogP contribution in [0.3, 0.4) is 0 Å². The zero-order valence-electron chi connectivity index (χ0n) is 9.35. The van der Waals surface area contributed by atoms with Gasteiger partial charge in [-0.05, 0) is 42.8 Å². The molecule has 90 valence electrons. The first-order valence-electron chi connectivity index (χ1n) is 5.22. The van der Waals surface area contributed by atoms with Crippen molar-refractivity contribution < 1.29 is 0 Å². The van der Waals surface area contributed by atoms with Gasteiger partial charge in [-0.15, -0.1) is 0 Å². The van der Waals surface area contributed by atoms with E-state index in [2.05, 4.69) is 15.2 Å². The lowest BCUT2D eigenvalue weighted by Crippen LogP contribution is -2.17. The third-order valence-electron chi connectivity index (χ3n) is 2.15. The molecule has 6 heteroatoms. The molecule has 17 heavy (non-hydrogen) atoms. The van der Waals surface area contributed by atoms with E-state index in [9.17, 15) is 0 Å². The molecule has 2 rings (SSSR count). The van der Waals surface area contributed by atoms with E-state index in [0.717, 1.165) is 22.0 Å². The van der Waals surface area contributed by atoms with Gasteiger partial charge >= 0.3 is 0 Å². The van der Waals surface area contributed by atoms with Crippen molar-refractivity contribution in [2.45, 2.75) is 29.4 Å². The van der Waals surface area contributed by atoms with E-state index in [-0.39, 0.29) is 6.04 Å². The Morgan fingerprint density at radius 2 is 2.35 bits per heavy atom. The summed E-state index contributed by atoms with van der Waals surface area (Å²) in [5.41, 5.74) is 6.90. The summed E-state index contributed by atoms with van der Waals surface area (Å²) < 4.78 is 0. The van der Waals surface area contributed by atoms with E-state index in [0.29, 0.717) is 5.02 Å². The zero-order chi connectivity index (χ0) is 12.3. The van der Waals surface area contributed by atoms with Gasteiger partial charge in [0.2, 0.25) is 0 Å². The number of nitrogens with zero attached hydrogens (tertiary/aromatic N) is 2. The van der Waals surface area contributed by atoms with Crippen LogP contribution in [-0.4, -0.2) is 21.2 Å². The second kappa shape index (κ2) is 5.53. The highest BCUT2D eigenvalue weighted by atomic mass is 35.5. The van der Waals surface area contributed by atoms with Crippen LogP contribution in [0.25, 0.3) is 0 Å². The second-order valence-electron chi connectivity index (χ2n) is 3.84. The monoisotopic (exact) mass is 268 g/mol. The van der Waals surface area contributed by atoms with Gasteiger partial charge in [0.1, 0.15) is 6.33 Å². The Hall–Kier alpha value is -1.04. The summed E-state index contributed by atoms with van der Waals surface area (Å²) in [4.78, 5) is 5.00. The van der Waals surface area contributed by atoms with Gasteiger partial charge in [-0.25, -0.2) is 4.98 Å². The Balaban J connectivity index is 2.14. The summed E-state index contributed by atoms with van der Waals surface area (Å²) in [5.74, 6) is 0. The van der Waals surface area contributed by atoms with Crippen molar-refractivity contribution in [3.05, 3.63) is 35.1 Å². The average Bonchev–Trinajstić information content (AvgIpc) is 2.74. The van der Waals surface area contributed by atoms with Crippen LogP contribution in [0.5, 0.6) is 0 Å². The molecule has 1 heterocycles. The summed E-state index contributed by atoms with van der Waals surface area (Å²) in [7, 11) is 0. The van der Waals surface area contributed by atoms with Gasteiger partial charge in [-0.3, -0.25) is 5.10 Å². The highest BCUT2D eigenvalue weighted by Gasteiger charge is 2.07. The van der Waals surface area contributed by atoms with Crippen molar-refractivity contribution in [1.29, 1.82) is 0 Å². The van der Waals surface area contributed by atoms with Crippen LogP contribution in [0.1, 0.15) is 12.5 Å². The van der Waals surface area contributed by atoms with Crippen LogP contribution in [0.2, 0.25) is 5.02 Å². The lowest BCUT2D eigenvalue weighted by molar-refractivity contribution is 0.737. The highest BCUT2D eigenvalue weighted by molar-refractivity contribution is 7.99. The standard InChI is InChI=1S/C11H13ClN4S/c1-7(13)4-8-2-3-10(9(12)5-8)17-11-14-6-15-16-11/h2-3,5-7H,4,13H2,1H3,(H,14,15,16). The maximum atomic E-state index is 6.21. The van der Waals surface area contributed by atoms with Crippen molar-refractivity contribution in [2.24, 2.45) is 5.73 Å². The molecule has 1 aromatic carbocycles. The zero-order valence-corrected chi connectivity index (χ0v) is 10.9. The second-order valence-corrected chi connectivity index (χ2v) is 5.28. The number of halogens is 1. The summed E-state index contributed by atoms with van der Waals surface area (Å²) in [5, 5.41) is 8.01. The van der Waals surface area contributed by atoms with Crippen molar-refractivity contribution in [2.75, 3.05) is 0 Å². The van der Waals surface area contributed by atoms with Gasteiger partial charge in [0.25, 0.3) is 0 Å². The topological polar surface area (TPSA) is 67.6 Å². The summed E-state index contributed by atoms with van der Waals surface area (Å²) in [6.45, 7) is 1.98. The summed E-state index contributed by atoms with van der Waals surface area (Å²) in [6, 6.07) is 6.10. The molecule has 3 N–H and O–H groups in total. The summed E-state index contributed by atoms with van der Waals surface area (Å²) >= 11 is 7.66. The molecule has 0 aliphatic rings. The van der Waals surface area contributed by atoms with E-state index in [1.165, 1.54) is 18.1 Å². The van der Waals surface area contributed by atoms with Crippen LogP contribution >= 0.6 is 23.4 Å². The number of aromatic nitrogens is 3. The summed E-state index contributed by atoms with van der Waals surface area (Å²) in [6.07, 6.45) is 2.30. The number of nitrogens with one attached hydrogen (secondary N) is 1. The fourth-order valence-corrected chi connectivity index (χ4v) is 2.49. The highest BCUT2D eigenvalue weighted by Crippen LogP contribution is 2.31. The Kier molecular flexibility index (Phi) is 4.04. The first-order chi connectivity index (χ1) is 8.15. The van der Waals surface area contributed by atoms with E-state index in [1.807, 2.05) is 25.1 Å². The van der Waals surface area contributed by atoms with E-state index in [1.54, 1.807) is 0 Å². The number of H-pyrrole nitrogens is 1. The molecule has 0 aliphatic heterocycles. The van der Waals surface area contributed by atoms with Crippen molar-refractivity contribution >= 4 is 23.4 Å². The maximum absolute atomic E-state index is 6.21. The van der Waals surface area contributed by atoms with Gasteiger partial charge in [0.05, 0.1) is 5.02 Å². The van der Waals surface area contributed by atoms with Gasteiger partial charge < -0.3 is 5.73 Å². The molecule has 0 radical (unpaired) electrons. The van der Waals surface area contributed by atoms with Gasteiger partial charge in [0, 0.05) is 10.9 Å². The normalized spacial score (nSPS) is 12.6. The molecule has 0 saturated carbocycles. The van der Waals surface area contributed by atoms with Crippen LogP contribution in [0.15, 0.2) is 34.6 Å². The first-order valence-corrected chi connectivity index (χ1v) is 6.42. The third kappa shape index (κ3) is 3.46. The van der Waals surface area contributed by atoms with Crippen molar-refractivity contribution in [3.63, 3.8) is 0 Å². The van der Waals surface area contributed by atoms with Crippen LogP contribution in [0.4, 0.5) is 0 Å². The molecule has 0 fully saturated rings. The number of nitrogens with two attached hydrogens (primary N) is 1. The number of benzene rings is 1. The fraction of sp³-hybridized carbons (Fsp3) is 0.273. The minimum absolute atomic E-state index is 0.138. The van der Waals surface area contributed by atoms with Gasteiger partial charge in [-0.1, -0.05) is 17.7 Å². The Labute approximate surface area is 109 Å². The Morgan fingerprint density at radius 3 is 2.94 bits per heavy atom. The number of hydrogen-bond acceptors (Lipinski definition) is 4. The fourth-order valence-electron chi connectivity index (χ4n) is 1.47. The SMILES string of the molecule is CC(N)Cc1ccc(Sc2ncn[nH]2)c(Cl)c1. The Morgan fingerprint density at radius 1 is 1.53 bits per heavy atom. The van der Waals surface area contributed by atoms with E-state index >= 15 is 0 Å². The average molecular weight is 269 g/mol. The van der Waals surface area contributed by atoms with Crippen molar-refractivity contribution in [3.8, 4) is 0 Å². The van der Waals surface area contributed by atoms with Gasteiger partial charge in [0.15, 0.2) is 5.16 Å². The number of rotatable bonds is 4. The molecule has 0 bridgehead atoms. The molecule has 0 spiro atoms. The minimum Gasteiger partial charge on any atom is -0.328 e. The van der Waals surface area contributed by atoms with Crippen LogP contribution < -0.4 is 5.73 Å². The van der Waals surface area contributed by atoms with E-state index in [4.69, 9.17) is 17.3 Å². The van der Waals surface area contributed by atoms with Crippen LogP contribution in [-0.2, 0) is 6.42 Å². The molecule has 2 aromatic rings. The first kappa shape index (κ1) is 12.4.